The topological polar surface area (TPSA) is 136 Å². The van der Waals surface area contributed by atoms with Gasteiger partial charge in [-0.15, -0.1) is 0 Å². The number of carbonyl (C=O) groups is 3. The maximum atomic E-state index is 13.6. The van der Waals surface area contributed by atoms with Gasteiger partial charge < -0.3 is 18.8 Å². The monoisotopic (exact) mass is 1020 g/mol. The quantitative estimate of drug-likeness (QED) is 0.0934. The van der Waals surface area contributed by atoms with Gasteiger partial charge in [0, 0.05) is 26.1 Å². The summed E-state index contributed by atoms with van der Waals surface area (Å²) in [5.41, 5.74) is 0.936. The van der Waals surface area contributed by atoms with Gasteiger partial charge in [-0.3, -0.25) is 9.59 Å². The molecule has 1 saturated heterocycles. The van der Waals surface area contributed by atoms with Crippen LogP contribution in [0.25, 0.3) is 0 Å². The Balaban J connectivity index is 1.43. The van der Waals surface area contributed by atoms with E-state index >= 15 is 0 Å². The third kappa shape index (κ3) is 5.31. The predicted octanol–water partition coefficient (Wildman–Crippen LogP) is 5.38. The molecule has 40 heavy (non-hydrogen) atoms. The molecular weight excluding hydrogens is 996 g/mol. The Bertz CT molecular complexity index is 1570. The van der Waals surface area contributed by atoms with Crippen LogP contribution in [0.4, 0.5) is 0 Å². The molecule has 2 aromatic rings. The first-order valence-corrected chi connectivity index (χ1v) is 17.9. The van der Waals surface area contributed by atoms with Gasteiger partial charge in [0.25, 0.3) is 0 Å². The zero-order valence-corrected chi connectivity index (χ0v) is 30.5. The van der Waals surface area contributed by atoms with Gasteiger partial charge in [0.2, 0.25) is 0 Å². The zero-order chi connectivity index (χ0) is 29.4. The number of fused-ring (bicyclic) bond motifs is 1. The Hall–Kier alpha value is -0.320. The Morgan fingerprint density at radius 3 is 2.35 bits per heavy atom. The SMILES string of the molecule is Cc1cc(S(=O)(=O)[O-])c(C(C)C)cc1OC(=O)C1C2CC3C(OC(=O)C31)C2OC(=O)c1cc(I)c(I)c(I)c1I. The molecule has 2 bridgehead atoms. The van der Waals surface area contributed by atoms with Gasteiger partial charge in [0.05, 0.1) is 22.3 Å². The summed E-state index contributed by atoms with van der Waals surface area (Å²) in [6.07, 6.45) is -0.948. The molecule has 2 aliphatic carbocycles. The smallest absolute Gasteiger partial charge is 0.339 e. The first-order chi connectivity index (χ1) is 18.6. The predicted molar refractivity (Wildman–Crippen MR) is 174 cm³/mol. The summed E-state index contributed by atoms with van der Waals surface area (Å²) in [5.74, 6) is -4.32. The molecular formula is C26H21I4O9S-. The van der Waals surface area contributed by atoms with Crippen molar-refractivity contribution in [2.24, 2.45) is 23.7 Å². The first-order valence-electron chi connectivity index (χ1n) is 12.2. The fourth-order valence-corrected chi connectivity index (χ4v) is 10.2. The largest absolute Gasteiger partial charge is 0.744 e. The van der Waals surface area contributed by atoms with Gasteiger partial charge >= 0.3 is 17.9 Å². The normalized spacial score (nSPS) is 26.8. The highest BCUT2D eigenvalue weighted by atomic mass is 127. The molecule has 0 spiro atoms. The van der Waals surface area contributed by atoms with Crippen molar-refractivity contribution in [1.29, 1.82) is 0 Å². The van der Waals surface area contributed by atoms with E-state index in [1.54, 1.807) is 19.9 Å². The molecule has 9 nitrogen and oxygen atoms in total. The zero-order valence-electron chi connectivity index (χ0n) is 21.1. The van der Waals surface area contributed by atoms with E-state index in [-0.39, 0.29) is 28.0 Å². The van der Waals surface area contributed by atoms with Crippen molar-refractivity contribution in [2.45, 2.75) is 50.2 Å². The van der Waals surface area contributed by atoms with Gasteiger partial charge in [0.15, 0.2) is 0 Å². The molecule has 0 aromatic heterocycles. The van der Waals surface area contributed by atoms with Crippen LogP contribution in [-0.4, -0.2) is 43.1 Å². The van der Waals surface area contributed by atoms with Crippen LogP contribution >= 0.6 is 90.4 Å². The minimum atomic E-state index is -4.74. The van der Waals surface area contributed by atoms with Gasteiger partial charge in [-0.2, -0.15) is 0 Å². The van der Waals surface area contributed by atoms with E-state index in [0.29, 0.717) is 17.5 Å². The van der Waals surface area contributed by atoms with Crippen LogP contribution in [0.3, 0.4) is 0 Å². The summed E-state index contributed by atoms with van der Waals surface area (Å²) in [7, 11) is -4.74. The van der Waals surface area contributed by atoms with E-state index in [9.17, 15) is 27.4 Å². The number of ether oxygens (including phenoxy) is 3. The fourth-order valence-electron chi connectivity index (χ4n) is 6.01. The maximum Gasteiger partial charge on any atom is 0.339 e. The molecule has 6 atom stereocenters. The lowest BCUT2D eigenvalue weighted by atomic mass is 9.78. The van der Waals surface area contributed by atoms with Crippen molar-refractivity contribution in [2.75, 3.05) is 0 Å². The highest BCUT2D eigenvalue weighted by Crippen LogP contribution is 2.59. The standard InChI is InChI=1S/C26H22I4O9S/c1-8(2)10-7-15(9(3)4-16(10)40(34,35)36)37-25(32)17-11-5-12-18(17)26(33)39-23(12)22(11)38-24(31)13-6-14(27)20(29)21(30)19(13)28/h4,6-8,11-12,17-18,22-23H,5H2,1-3H3,(H,34,35,36)/p-1. The van der Waals surface area contributed by atoms with Crippen molar-refractivity contribution in [3.05, 3.63) is 49.2 Å². The number of esters is 3. The van der Waals surface area contributed by atoms with Gasteiger partial charge in [-0.25, -0.2) is 13.2 Å². The Kier molecular flexibility index (Phi) is 8.80. The van der Waals surface area contributed by atoms with E-state index in [0.717, 1.165) is 14.3 Å². The minimum Gasteiger partial charge on any atom is -0.744 e. The molecule has 0 radical (unpaired) electrons. The van der Waals surface area contributed by atoms with Crippen molar-refractivity contribution in [1.82, 2.24) is 0 Å². The minimum absolute atomic E-state index is 0.109. The van der Waals surface area contributed by atoms with Crippen molar-refractivity contribution < 1.29 is 41.6 Å². The average Bonchev–Trinajstić information content (AvgIpc) is 3.49. The molecule has 3 fully saturated rings. The third-order valence-corrected chi connectivity index (χ3v) is 16.0. The number of halogens is 4. The van der Waals surface area contributed by atoms with Crippen LogP contribution in [0.15, 0.2) is 23.1 Å². The highest BCUT2D eigenvalue weighted by molar-refractivity contribution is 14.1. The molecule has 1 heterocycles. The molecule has 14 heteroatoms. The number of hydrogen-bond acceptors (Lipinski definition) is 9. The van der Waals surface area contributed by atoms with Crippen LogP contribution in [0.5, 0.6) is 5.75 Å². The number of hydrogen-bond donors (Lipinski definition) is 0. The molecule has 0 amide bonds. The maximum absolute atomic E-state index is 13.6. The molecule has 214 valence electrons. The Labute approximate surface area is 285 Å². The van der Waals surface area contributed by atoms with Crippen LogP contribution in [0.2, 0.25) is 0 Å². The van der Waals surface area contributed by atoms with E-state index in [2.05, 4.69) is 90.4 Å². The van der Waals surface area contributed by atoms with Crippen LogP contribution < -0.4 is 4.74 Å². The number of rotatable bonds is 6. The molecule has 1 aliphatic heterocycles. The number of benzene rings is 2. The molecule has 2 aromatic carbocycles. The Morgan fingerprint density at radius 2 is 1.73 bits per heavy atom. The van der Waals surface area contributed by atoms with Crippen molar-refractivity contribution in [3.8, 4) is 5.75 Å². The van der Waals surface area contributed by atoms with Gasteiger partial charge in [-0.1, -0.05) is 13.8 Å². The molecule has 2 saturated carbocycles. The second-order valence-electron chi connectivity index (χ2n) is 10.4. The highest BCUT2D eigenvalue weighted by Gasteiger charge is 2.70. The van der Waals surface area contributed by atoms with E-state index < -0.39 is 58.0 Å². The number of carbonyl (C=O) groups excluding carboxylic acids is 3. The van der Waals surface area contributed by atoms with E-state index in [1.165, 1.54) is 19.1 Å². The van der Waals surface area contributed by atoms with Crippen LogP contribution in [0.1, 0.15) is 47.7 Å². The summed E-state index contributed by atoms with van der Waals surface area (Å²) in [5, 5.41) is 0. The van der Waals surface area contributed by atoms with Crippen LogP contribution in [-0.2, 0) is 29.2 Å². The summed E-state index contributed by atoms with van der Waals surface area (Å²) < 4.78 is 56.4. The molecule has 3 aliphatic rings. The lowest BCUT2D eigenvalue weighted by Crippen LogP contribution is -2.44. The average molecular weight is 1020 g/mol. The second kappa shape index (κ2) is 11.3. The molecule has 6 unspecified atom stereocenters. The van der Waals surface area contributed by atoms with Crippen molar-refractivity contribution >= 4 is 118 Å². The van der Waals surface area contributed by atoms with Gasteiger partial charge in [0.1, 0.15) is 28.1 Å². The van der Waals surface area contributed by atoms with Gasteiger partial charge in [-0.05, 0) is 139 Å². The fraction of sp³-hybridized carbons (Fsp3) is 0.423. The Morgan fingerprint density at radius 1 is 1.05 bits per heavy atom. The summed E-state index contributed by atoms with van der Waals surface area (Å²) in [4.78, 5) is 39.4. The van der Waals surface area contributed by atoms with Crippen molar-refractivity contribution in [3.63, 3.8) is 0 Å². The summed E-state index contributed by atoms with van der Waals surface area (Å²) in [6.45, 7) is 4.99. The van der Waals surface area contributed by atoms with E-state index in [4.69, 9.17) is 14.2 Å². The lowest BCUT2D eigenvalue weighted by molar-refractivity contribution is -0.149. The van der Waals surface area contributed by atoms with Crippen LogP contribution in [0, 0.1) is 44.9 Å². The molecule has 5 rings (SSSR count). The molecule has 0 N–H and O–H groups in total. The number of aryl methyl sites for hydroxylation is 1. The van der Waals surface area contributed by atoms with E-state index in [1.807, 2.05) is 0 Å². The lowest BCUT2D eigenvalue weighted by Gasteiger charge is -2.30. The second-order valence-corrected chi connectivity index (χ2v) is 16.2. The summed E-state index contributed by atoms with van der Waals surface area (Å²) >= 11 is 8.68. The third-order valence-electron chi connectivity index (χ3n) is 7.79. The summed E-state index contributed by atoms with van der Waals surface area (Å²) in [6, 6.07) is 4.36. The first kappa shape index (κ1) is 31.1.